The van der Waals surface area contributed by atoms with Crippen molar-refractivity contribution in [3.05, 3.63) is 23.8 Å². The smallest absolute Gasteiger partial charge is 0.152 e. The van der Waals surface area contributed by atoms with E-state index in [0.29, 0.717) is 0 Å². The number of carbonyl (C=O) groups is 1. The highest BCUT2D eigenvalue weighted by atomic mass is 35.5. The molecule has 0 aliphatic rings. The summed E-state index contributed by atoms with van der Waals surface area (Å²) in [5.74, 6) is -0.00906. The fraction of sp³-hybridized carbons (Fsp3) is 0.364. The molecule has 0 fully saturated rings. The van der Waals surface area contributed by atoms with E-state index in [2.05, 4.69) is 0 Å². The minimum Gasteiger partial charge on any atom is -0.298 e. The Morgan fingerprint density at radius 1 is 1.33 bits per heavy atom. The third-order valence-corrected chi connectivity index (χ3v) is 4.15. The first-order valence-corrected chi connectivity index (χ1v) is 7.35. The molecule has 4 heteroatoms. The summed E-state index contributed by atoms with van der Waals surface area (Å²) in [4.78, 5) is 13.5. The van der Waals surface area contributed by atoms with Gasteiger partial charge in [0.2, 0.25) is 0 Å². The second-order valence-electron chi connectivity index (χ2n) is 3.08. The summed E-state index contributed by atoms with van der Waals surface area (Å²) in [5, 5.41) is -0.528. The zero-order valence-corrected chi connectivity index (χ0v) is 11.3. The van der Waals surface area contributed by atoms with Crippen molar-refractivity contribution in [1.82, 2.24) is 0 Å². The maximum absolute atomic E-state index is 11.3. The van der Waals surface area contributed by atoms with Crippen LogP contribution in [0.2, 0.25) is 0 Å². The van der Waals surface area contributed by atoms with E-state index in [1.807, 2.05) is 30.7 Å². The van der Waals surface area contributed by atoms with Crippen molar-refractivity contribution in [3.63, 3.8) is 0 Å². The van der Waals surface area contributed by atoms with Crippen molar-refractivity contribution in [2.45, 2.75) is 22.1 Å². The van der Waals surface area contributed by atoms with E-state index in [0.717, 1.165) is 15.4 Å². The number of Topliss-reactive ketones (excluding diaryl/α,β-unsaturated/α-hetero) is 1. The first-order valence-electron chi connectivity index (χ1n) is 4.46. The summed E-state index contributed by atoms with van der Waals surface area (Å²) < 4.78 is 0. The summed E-state index contributed by atoms with van der Waals surface area (Å²) in [6, 6.07) is 6.06. The number of ketones is 1. The van der Waals surface area contributed by atoms with Crippen LogP contribution in [0.3, 0.4) is 0 Å². The lowest BCUT2D eigenvalue weighted by Crippen LogP contribution is -2.03. The average Bonchev–Trinajstić information content (AvgIpc) is 2.27. The number of halogens is 1. The lowest BCUT2D eigenvalue weighted by atomic mass is 10.1. The van der Waals surface area contributed by atoms with Gasteiger partial charge in [0, 0.05) is 9.79 Å². The predicted octanol–water partition coefficient (Wildman–Crippen LogP) is 4.00. The van der Waals surface area contributed by atoms with Crippen molar-refractivity contribution in [2.24, 2.45) is 0 Å². The maximum atomic E-state index is 11.3. The first kappa shape index (κ1) is 12.9. The Bertz CT molecular complexity index is 366. The highest BCUT2D eigenvalue weighted by molar-refractivity contribution is 7.99. The number of carbonyl (C=O) groups excluding carboxylic acids is 1. The van der Waals surface area contributed by atoms with E-state index < -0.39 is 5.38 Å². The highest BCUT2D eigenvalue weighted by Crippen LogP contribution is 2.33. The lowest BCUT2D eigenvalue weighted by molar-refractivity contribution is -0.116. The number of hydrogen-bond acceptors (Lipinski definition) is 3. The molecule has 0 aromatic heterocycles. The molecule has 0 aliphatic heterocycles. The van der Waals surface area contributed by atoms with Crippen LogP contribution in [0.5, 0.6) is 0 Å². The van der Waals surface area contributed by atoms with Crippen LogP contribution in [-0.4, -0.2) is 18.3 Å². The van der Waals surface area contributed by atoms with Gasteiger partial charge in [0.25, 0.3) is 0 Å². The summed E-state index contributed by atoms with van der Waals surface area (Å²) in [6.07, 6.45) is 4.00. The largest absolute Gasteiger partial charge is 0.298 e. The van der Waals surface area contributed by atoms with Crippen LogP contribution in [0.1, 0.15) is 17.9 Å². The van der Waals surface area contributed by atoms with Crippen LogP contribution in [0, 0.1) is 0 Å². The Labute approximate surface area is 104 Å². The summed E-state index contributed by atoms with van der Waals surface area (Å²) >= 11 is 9.35. The zero-order chi connectivity index (χ0) is 11.4. The van der Waals surface area contributed by atoms with Crippen molar-refractivity contribution in [2.75, 3.05) is 12.5 Å². The highest BCUT2D eigenvalue weighted by Gasteiger charge is 2.17. The standard InChI is InChI=1S/C11H13ClOS2/c1-7(13)11(12)9-6-8(14-2)4-5-10(9)15-3/h4-6,11H,1-3H3. The van der Waals surface area contributed by atoms with Gasteiger partial charge >= 0.3 is 0 Å². The predicted molar refractivity (Wildman–Crippen MR) is 69.3 cm³/mol. The molecule has 0 bridgehead atoms. The third-order valence-electron chi connectivity index (χ3n) is 2.07. The number of thioether (sulfide) groups is 2. The van der Waals surface area contributed by atoms with Crippen LogP contribution < -0.4 is 0 Å². The molecule has 0 saturated heterocycles. The first-order chi connectivity index (χ1) is 7.10. The summed E-state index contributed by atoms with van der Waals surface area (Å²) in [6.45, 7) is 1.52. The van der Waals surface area contributed by atoms with Crippen LogP contribution in [0.4, 0.5) is 0 Å². The second-order valence-corrected chi connectivity index (χ2v) is 5.25. The molecule has 0 heterocycles. The Kier molecular flexibility index (Phi) is 5.03. The molecule has 1 aromatic carbocycles. The van der Waals surface area contributed by atoms with E-state index in [-0.39, 0.29) is 5.78 Å². The molecule has 82 valence electrons. The Morgan fingerprint density at radius 3 is 2.47 bits per heavy atom. The molecule has 0 saturated carbocycles. The van der Waals surface area contributed by atoms with Crippen molar-refractivity contribution >= 4 is 40.9 Å². The monoisotopic (exact) mass is 260 g/mol. The van der Waals surface area contributed by atoms with Gasteiger partial charge in [0.05, 0.1) is 0 Å². The molecule has 15 heavy (non-hydrogen) atoms. The lowest BCUT2D eigenvalue weighted by Gasteiger charge is -2.12. The SMILES string of the molecule is CSc1ccc(SC)c(C(Cl)C(C)=O)c1. The molecule has 0 amide bonds. The second kappa shape index (κ2) is 5.83. The van der Waals surface area contributed by atoms with Gasteiger partial charge in [-0.05, 0) is 43.2 Å². The van der Waals surface area contributed by atoms with Gasteiger partial charge in [0.1, 0.15) is 5.38 Å². The minimum atomic E-state index is -0.528. The third kappa shape index (κ3) is 3.16. The van der Waals surface area contributed by atoms with E-state index in [1.54, 1.807) is 23.5 Å². The molecule has 1 aromatic rings. The molecule has 0 aliphatic carbocycles. The Hall–Kier alpha value is -0.120. The van der Waals surface area contributed by atoms with E-state index >= 15 is 0 Å². The van der Waals surface area contributed by atoms with Crippen LogP contribution in [0.25, 0.3) is 0 Å². The molecule has 1 atom stereocenters. The molecule has 0 radical (unpaired) electrons. The van der Waals surface area contributed by atoms with Gasteiger partial charge in [-0.2, -0.15) is 0 Å². The fourth-order valence-electron chi connectivity index (χ4n) is 1.26. The molecule has 1 unspecified atom stereocenters. The number of rotatable bonds is 4. The van der Waals surface area contributed by atoms with Gasteiger partial charge in [0.15, 0.2) is 5.78 Å². The number of hydrogen-bond donors (Lipinski definition) is 0. The van der Waals surface area contributed by atoms with Gasteiger partial charge in [-0.3, -0.25) is 4.79 Å². The molecule has 0 spiro atoms. The maximum Gasteiger partial charge on any atom is 0.152 e. The molecule has 1 rings (SSSR count). The van der Waals surface area contributed by atoms with Gasteiger partial charge < -0.3 is 0 Å². The van der Waals surface area contributed by atoms with E-state index in [9.17, 15) is 4.79 Å². The number of alkyl halides is 1. The topological polar surface area (TPSA) is 17.1 Å². The minimum absolute atomic E-state index is 0.00906. The zero-order valence-electron chi connectivity index (χ0n) is 8.91. The summed E-state index contributed by atoms with van der Waals surface area (Å²) in [5.41, 5.74) is 0.920. The van der Waals surface area contributed by atoms with Gasteiger partial charge in [-0.15, -0.1) is 35.1 Å². The van der Waals surface area contributed by atoms with Gasteiger partial charge in [-0.1, -0.05) is 0 Å². The van der Waals surface area contributed by atoms with Crippen LogP contribution in [-0.2, 0) is 4.79 Å². The summed E-state index contributed by atoms with van der Waals surface area (Å²) in [7, 11) is 0. The van der Waals surface area contributed by atoms with Crippen LogP contribution in [0.15, 0.2) is 28.0 Å². The van der Waals surface area contributed by atoms with Crippen molar-refractivity contribution in [1.29, 1.82) is 0 Å². The average molecular weight is 261 g/mol. The van der Waals surface area contributed by atoms with E-state index in [4.69, 9.17) is 11.6 Å². The van der Waals surface area contributed by atoms with E-state index in [1.165, 1.54) is 6.92 Å². The fourth-order valence-corrected chi connectivity index (χ4v) is 2.57. The molecule has 0 N–H and O–H groups in total. The number of benzene rings is 1. The van der Waals surface area contributed by atoms with Crippen molar-refractivity contribution < 1.29 is 4.79 Å². The van der Waals surface area contributed by atoms with Crippen molar-refractivity contribution in [3.8, 4) is 0 Å². The Morgan fingerprint density at radius 2 is 2.00 bits per heavy atom. The molecular weight excluding hydrogens is 248 g/mol. The van der Waals surface area contributed by atoms with Crippen LogP contribution >= 0.6 is 35.1 Å². The normalized spacial score (nSPS) is 12.5. The molecular formula is C11H13ClOS2. The Balaban J connectivity index is 3.16. The quantitative estimate of drug-likeness (QED) is 0.602. The molecule has 1 nitrogen and oxygen atoms in total. The van der Waals surface area contributed by atoms with Gasteiger partial charge in [-0.25, -0.2) is 0 Å².